The average Bonchev–Trinajstić information content (AvgIpc) is 2.86. The van der Waals surface area contributed by atoms with Crippen molar-refractivity contribution in [2.45, 2.75) is 59.3 Å². The number of rotatable bonds is 13. The standard InChI is InChI=1S/C27H33Cl2N3O6/c1-6-36-27(35)18(5)37-21-10-7-19(8-11-21)15-30-32-26(34)23(13-16(2)3)31-25(33)17(4)38-24-12-9-20(28)14-22(24)29/h7-12,14-18,23H,6,13H2,1-5H3,(H,31,33)(H,32,34)/b30-15-/t17-,18+,23-/m1/s1. The van der Waals surface area contributed by atoms with E-state index >= 15 is 0 Å². The van der Waals surface area contributed by atoms with Crippen molar-refractivity contribution in [3.8, 4) is 11.5 Å². The quantitative estimate of drug-likeness (QED) is 0.205. The fourth-order valence-electron chi connectivity index (χ4n) is 3.20. The van der Waals surface area contributed by atoms with Crippen LogP contribution in [0.5, 0.6) is 11.5 Å². The molecule has 38 heavy (non-hydrogen) atoms. The summed E-state index contributed by atoms with van der Waals surface area (Å²) in [6.07, 6.45) is 0.204. The van der Waals surface area contributed by atoms with E-state index in [-0.39, 0.29) is 17.5 Å². The van der Waals surface area contributed by atoms with E-state index in [0.717, 1.165) is 0 Å². The van der Waals surface area contributed by atoms with Gasteiger partial charge in [-0.3, -0.25) is 9.59 Å². The Kier molecular flexibility index (Phi) is 12.4. The summed E-state index contributed by atoms with van der Waals surface area (Å²) in [5, 5.41) is 7.44. The van der Waals surface area contributed by atoms with Gasteiger partial charge >= 0.3 is 5.97 Å². The molecule has 0 aromatic heterocycles. The van der Waals surface area contributed by atoms with Gasteiger partial charge in [0.1, 0.15) is 17.5 Å². The number of hydrogen-bond acceptors (Lipinski definition) is 7. The molecule has 2 aromatic rings. The van der Waals surface area contributed by atoms with Crippen LogP contribution in [0, 0.1) is 5.92 Å². The first-order valence-corrected chi connectivity index (χ1v) is 12.9. The maximum Gasteiger partial charge on any atom is 0.347 e. The van der Waals surface area contributed by atoms with Crippen LogP contribution in [0.4, 0.5) is 0 Å². The van der Waals surface area contributed by atoms with Crippen molar-refractivity contribution in [1.29, 1.82) is 0 Å². The summed E-state index contributed by atoms with van der Waals surface area (Å²) < 4.78 is 16.1. The first-order chi connectivity index (χ1) is 18.0. The number of carbonyl (C=O) groups is 3. The molecule has 0 spiro atoms. The lowest BCUT2D eigenvalue weighted by Crippen LogP contribution is -2.49. The predicted molar refractivity (Wildman–Crippen MR) is 147 cm³/mol. The molecule has 11 heteroatoms. The summed E-state index contributed by atoms with van der Waals surface area (Å²) >= 11 is 12.0. The highest BCUT2D eigenvalue weighted by molar-refractivity contribution is 6.35. The van der Waals surface area contributed by atoms with Gasteiger partial charge in [0.05, 0.1) is 17.8 Å². The highest BCUT2D eigenvalue weighted by atomic mass is 35.5. The number of ether oxygens (including phenoxy) is 3. The predicted octanol–water partition coefficient (Wildman–Crippen LogP) is 4.77. The van der Waals surface area contributed by atoms with E-state index in [4.69, 9.17) is 37.4 Å². The van der Waals surface area contributed by atoms with E-state index < -0.39 is 36.0 Å². The van der Waals surface area contributed by atoms with Crippen molar-refractivity contribution < 1.29 is 28.6 Å². The number of nitrogens with one attached hydrogen (secondary N) is 2. The van der Waals surface area contributed by atoms with Gasteiger partial charge in [0.2, 0.25) is 0 Å². The van der Waals surface area contributed by atoms with Gasteiger partial charge < -0.3 is 19.5 Å². The van der Waals surface area contributed by atoms with Crippen molar-refractivity contribution in [2.24, 2.45) is 11.0 Å². The van der Waals surface area contributed by atoms with Gasteiger partial charge in [-0.25, -0.2) is 10.2 Å². The molecule has 0 unspecified atom stereocenters. The molecule has 0 bridgehead atoms. The molecule has 0 aliphatic rings. The van der Waals surface area contributed by atoms with E-state index in [2.05, 4.69) is 15.8 Å². The minimum absolute atomic E-state index is 0.126. The van der Waals surface area contributed by atoms with Gasteiger partial charge in [0.15, 0.2) is 12.2 Å². The third-order valence-corrected chi connectivity index (χ3v) is 5.64. The average molecular weight is 566 g/mol. The lowest BCUT2D eigenvalue weighted by molar-refractivity contribution is -0.150. The maximum atomic E-state index is 12.8. The van der Waals surface area contributed by atoms with Gasteiger partial charge in [-0.2, -0.15) is 5.10 Å². The molecule has 2 rings (SSSR count). The van der Waals surface area contributed by atoms with Gasteiger partial charge in [0.25, 0.3) is 11.8 Å². The zero-order chi connectivity index (χ0) is 28.2. The van der Waals surface area contributed by atoms with Crippen molar-refractivity contribution in [1.82, 2.24) is 10.7 Å². The molecular formula is C27H33Cl2N3O6. The fourth-order valence-corrected chi connectivity index (χ4v) is 3.65. The highest BCUT2D eigenvalue weighted by Gasteiger charge is 2.25. The minimum atomic E-state index is -0.910. The van der Waals surface area contributed by atoms with Crippen molar-refractivity contribution in [2.75, 3.05) is 6.61 Å². The number of benzene rings is 2. The normalized spacial score (nSPS) is 13.5. The molecule has 206 valence electrons. The van der Waals surface area contributed by atoms with Crippen LogP contribution < -0.4 is 20.2 Å². The SMILES string of the molecule is CCOC(=O)[C@H](C)Oc1ccc(/C=N\NC(=O)[C@@H](CC(C)C)NC(=O)[C@@H](C)Oc2ccc(Cl)cc2Cl)cc1. The third kappa shape index (κ3) is 10.2. The first-order valence-electron chi connectivity index (χ1n) is 12.2. The second kappa shape index (κ2) is 15.2. The molecule has 2 N–H and O–H groups in total. The number of esters is 1. The number of carbonyl (C=O) groups excluding carboxylic acids is 3. The minimum Gasteiger partial charge on any atom is -0.479 e. The number of nitrogens with zero attached hydrogens (tertiary/aromatic N) is 1. The lowest BCUT2D eigenvalue weighted by Gasteiger charge is -2.22. The van der Waals surface area contributed by atoms with Crippen LogP contribution in [0.25, 0.3) is 0 Å². The largest absolute Gasteiger partial charge is 0.479 e. The van der Waals surface area contributed by atoms with Gasteiger partial charge in [-0.15, -0.1) is 0 Å². The molecule has 0 saturated carbocycles. The molecule has 0 fully saturated rings. The van der Waals surface area contributed by atoms with Crippen molar-refractivity contribution >= 4 is 47.2 Å². The molecule has 3 atom stereocenters. The zero-order valence-corrected chi connectivity index (χ0v) is 23.5. The Hall–Kier alpha value is -3.30. The van der Waals surface area contributed by atoms with E-state index in [1.54, 1.807) is 57.2 Å². The maximum absolute atomic E-state index is 12.8. The topological polar surface area (TPSA) is 115 Å². The highest BCUT2D eigenvalue weighted by Crippen LogP contribution is 2.28. The van der Waals surface area contributed by atoms with Crippen LogP contribution in [0.15, 0.2) is 47.6 Å². The molecule has 2 amide bonds. The Labute approximate surface area is 232 Å². The Balaban J connectivity index is 1.95. The second-order valence-electron chi connectivity index (χ2n) is 8.84. The summed E-state index contributed by atoms with van der Waals surface area (Å²) in [4.78, 5) is 37.2. The number of hydrogen-bond donors (Lipinski definition) is 2. The van der Waals surface area contributed by atoms with Crippen LogP contribution in [0.3, 0.4) is 0 Å². The fraction of sp³-hybridized carbons (Fsp3) is 0.407. The third-order valence-electron chi connectivity index (χ3n) is 5.11. The Bertz CT molecular complexity index is 1120. The summed E-state index contributed by atoms with van der Waals surface area (Å²) in [7, 11) is 0. The Morgan fingerprint density at radius 1 is 0.947 bits per heavy atom. The molecule has 0 saturated heterocycles. The Morgan fingerprint density at radius 3 is 2.24 bits per heavy atom. The summed E-state index contributed by atoms with van der Waals surface area (Å²) in [6.45, 7) is 9.05. The van der Waals surface area contributed by atoms with Gasteiger partial charge in [0, 0.05) is 5.02 Å². The number of halogens is 2. The monoisotopic (exact) mass is 565 g/mol. The molecule has 0 aliphatic carbocycles. The van der Waals surface area contributed by atoms with Crippen molar-refractivity contribution in [3.63, 3.8) is 0 Å². The van der Waals surface area contributed by atoms with E-state index in [1.807, 2.05) is 13.8 Å². The smallest absolute Gasteiger partial charge is 0.347 e. The molecule has 0 aliphatic heterocycles. The van der Waals surface area contributed by atoms with Crippen LogP contribution in [0.2, 0.25) is 10.0 Å². The van der Waals surface area contributed by atoms with Gasteiger partial charge in [-0.1, -0.05) is 37.0 Å². The molecule has 2 aromatic carbocycles. The van der Waals surface area contributed by atoms with Crippen LogP contribution in [0.1, 0.15) is 46.6 Å². The van der Waals surface area contributed by atoms with Crippen LogP contribution in [-0.4, -0.2) is 48.9 Å². The van der Waals surface area contributed by atoms with Crippen LogP contribution >= 0.6 is 23.2 Å². The summed E-state index contributed by atoms with van der Waals surface area (Å²) in [5.41, 5.74) is 3.16. The van der Waals surface area contributed by atoms with Gasteiger partial charge in [-0.05, 0) is 81.1 Å². The first kappa shape index (κ1) is 30.9. The van der Waals surface area contributed by atoms with E-state index in [0.29, 0.717) is 28.5 Å². The zero-order valence-electron chi connectivity index (χ0n) is 22.0. The summed E-state index contributed by atoms with van der Waals surface area (Å²) in [5.74, 6) is -0.473. The second-order valence-corrected chi connectivity index (χ2v) is 9.68. The Morgan fingerprint density at radius 2 is 1.63 bits per heavy atom. The molecular weight excluding hydrogens is 533 g/mol. The van der Waals surface area contributed by atoms with E-state index in [1.165, 1.54) is 12.3 Å². The van der Waals surface area contributed by atoms with Crippen molar-refractivity contribution in [3.05, 3.63) is 58.1 Å². The molecule has 0 radical (unpaired) electrons. The summed E-state index contributed by atoms with van der Waals surface area (Å²) in [6, 6.07) is 10.7. The van der Waals surface area contributed by atoms with Crippen LogP contribution in [-0.2, 0) is 19.1 Å². The lowest BCUT2D eigenvalue weighted by atomic mass is 10.0. The molecule has 9 nitrogen and oxygen atoms in total. The number of hydrazone groups is 1. The van der Waals surface area contributed by atoms with E-state index in [9.17, 15) is 14.4 Å². The number of amides is 2. The molecule has 0 heterocycles.